The topological polar surface area (TPSA) is 26.0 Å². The maximum atomic E-state index is 13.3. The number of fused-ring (bicyclic) bond motifs is 1. The van der Waals surface area contributed by atoms with Crippen molar-refractivity contribution in [3.63, 3.8) is 0 Å². The van der Waals surface area contributed by atoms with Gasteiger partial charge in [-0.15, -0.1) is 0 Å². The van der Waals surface area contributed by atoms with E-state index >= 15 is 0 Å². The van der Waals surface area contributed by atoms with Crippen LogP contribution in [0.2, 0.25) is 5.02 Å². The van der Waals surface area contributed by atoms with E-state index < -0.39 is 5.82 Å². The van der Waals surface area contributed by atoms with E-state index in [9.17, 15) is 4.39 Å². The Kier molecular flexibility index (Phi) is 3.98. The van der Waals surface area contributed by atoms with Crippen molar-refractivity contribution < 1.29 is 4.39 Å². The van der Waals surface area contributed by atoms with E-state index in [4.69, 9.17) is 17.3 Å². The molecular weight excluding hydrogens is 353 g/mol. The molecular formula is C17H12BrClFN. The van der Waals surface area contributed by atoms with Crippen molar-refractivity contribution in [1.29, 1.82) is 0 Å². The number of nitrogens with two attached hydrogens (primary N) is 1. The first kappa shape index (κ1) is 14.5. The highest BCUT2D eigenvalue weighted by atomic mass is 79.9. The molecule has 0 amide bonds. The van der Waals surface area contributed by atoms with Crippen LogP contribution in [0.15, 0.2) is 59.1 Å². The number of halogens is 3. The molecule has 0 aliphatic heterocycles. The van der Waals surface area contributed by atoms with Crippen LogP contribution in [0.3, 0.4) is 0 Å². The molecule has 3 aromatic carbocycles. The predicted molar refractivity (Wildman–Crippen MR) is 89.1 cm³/mol. The maximum Gasteiger partial charge on any atom is 0.141 e. The van der Waals surface area contributed by atoms with Gasteiger partial charge in [0.25, 0.3) is 0 Å². The second-order valence-corrected chi connectivity index (χ2v) is 6.09. The second-order valence-electron chi connectivity index (χ2n) is 4.83. The second kappa shape index (κ2) is 5.76. The maximum absolute atomic E-state index is 13.3. The van der Waals surface area contributed by atoms with Crippen LogP contribution in [-0.2, 0) is 0 Å². The fourth-order valence-electron chi connectivity index (χ4n) is 2.44. The third-order valence-electron chi connectivity index (χ3n) is 3.54. The molecule has 0 heterocycles. The van der Waals surface area contributed by atoms with Gasteiger partial charge in [0.1, 0.15) is 5.82 Å². The van der Waals surface area contributed by atoms with Crippen molar-refractivity contribution >= 4 is 38.3 Å². The molecule has 0 bridgehead atoms. The lowest BCUT2D eigenvalue weighted by Gasteiger charge is -2.16. The minimum atomic E-state index is -0.437. The molecule has 3 rings (SSSR count). The minimum Gasteiger partial charge on any atom is -0.320 e. The summed E-state index contributed by atoms with van der Waals surface area (Å²) in [5.41, 5.74) is 8.12. The fraction of sp³-hybridized carbons (Fsp3) is 0.0588. The van der Waals surface area contributed by atoms with Crippen molar-refractivity contribution in [2.45, 2.75) is 6.04 Å². The summed E-state index contributed by atoms with van der Waals surface area (Å²) in [6, 6.07) is 16.2. The van der Waals surface area contributed by atoms with Gasteiger partial charge in [-0.05, 0) is 40.1 Å². The van der Waals surface area contributed by atoms with Crippen LogP contribution >= 0.6 is 27.5 Å². The molecule has 2 N–H and O–H groups in total. The van der Waals surface area contributed by atoms with E-state index in [1.807, 2.05) is 36.4 Å². The Morgan fingerprint density at radius 1 is 1.00 bits per heavy atom. The van der Waals surface area contributed by atoms with Gasteiger partial charge < -0.3 is 5.73 Å². The molecule has 0 spiro atoms. The van der Waals surface area contributed by atoms with Crippen molar-refractivity contribution in [2.75, 3.05) is 0 Å². The molecule has 0 radical (unpaired) electrons. The van der Waals surface area contributed by atoms with Crippen LogP contribution < -0.4 is 5.73 Å². The smallest absolute Gasteiger partial charge is 0.141 e. The first-order chi connectivity index (χ1) is 10.1. The highest BCUT2D eigenvalue weighted by Gasteiger charge is 2.14. The summed E-state index contributed by atoms with van der Waals surface area (Å²) < 4.78 is 14.3. The Morgan fingerprint density at radius 3 is 2.43 bits per heavy atom. The van der Waals surface area contributed by atoms with Crippen molar-refractivity contribution in [2.24, 2.45) is 5.73 Å². The zero-order valence-corrected chi connectivity index (χ0v) is 13.3. The molecule has 0 saturated heterocycles. The average Bonchev–Trinajstić information content (AvgIpc) is 2.50. The molecule has 0 fully saturated rings. The fourth-order valence-corrected chi connectivity index (χ4v) is 3.11. The molecule has 4 heteroatoms. The van der Waals surface area contributed by atoms with Gasteiger partial charge in [0.2, 0.25) is 0 Å². The first-order valence-corrected chi connectivity index (χ1v) is 7.62. The van der Waals surface area contributed by atoms with Crippen LogP contribution in [-0.4, -0.2) is 0 Å². The van der Waals surface area contributed by atoms with Crippen molar-refractivity contribution in [3.05, 3.63) is 81.0 Å². The van der Waals surface area contributed by atoms with E-state index in [1.54, 1.807) is 12.1 Å². The third kappa shape index (κ3) is 2.69. The summed E-state index contributed by atoms with van der Waals surface area (Å²) in [7, 11) is 0. The van der Waals surface area contributed by atoms with E-state index in [2.05, 4.69) is 15.9 Å². The normalized spacial score (nSPS) is 12.6. The quantitative estimate of drug-likeness (QED) is 0.643. The highest BCUT2D eigenvalue weighted by molar-refractivity contribution is 9.10. The number of hydrogen-bond donors (Lipinski definition) is 1. The van der Waals surface area contributed by atoms with Gasteiger partial charge in [-0.25, -0.2) is 4.39 Å². The Labute approximate surface area is 135 Å². The summed E-state index contributed by atoms with van der Waals surface area (Å²) in [6.07, 6.45) is 0. The molecule has 106 valence electrons. The lowest BCUT2D eigenvalue weighted by molar-refractivity contribution is 0.627. The Morgan fingerprint density at radius 2 is 1.71 bits per heavy atom. The minimum absolute atomic E-state index is 0.0874. The lowest BCUT2D eigenvalue weighted by Crippen LogP contribution is -2.12. The molecule has 0 aliphatic rings. The summed E-state index contributed by atoms with van der Waals surface area (Å²) >= 11 is 9.40. The van der Waals surface area contributed by atoms with Gasteiger partial charge >= 0.3 is 0 Å². The first-order valence-electron chi connectivity index (χ1n) is 6.45. The predicted octanol–water partition coefficient (Wildman–Crippen LogP) is 5.44. The largest absolute Gasteiger partial charge is 0.320 e. The van der Waals surface area contributed by atoms with Gasteiger partial charge in [-0.1, -0.05) is 63.9 Å². The summed E-state index contributed by atoms with van der Waals surface area (Å²) in [5.74, 6) is -0.437. The molecule has 21 heavy (non-hydrogen) atoms. The van der Waals surface area contributed by atoms with Gasteiger partial charge in [-0.3, -0.25) is 0 Å². The van der Waals surface area contributed by atoms with Crippen LogP contribution in [0.4, 0.5) is 4.39 Å². The molecule has 1 atom stereocenters. The molecule has 3 aromatic rings. The van der Waals surface area contributed by atoms with Gasteiger partial charge in [-0.2, -0.15) is 0 Å². The monoisotopic (exact) mass is 363 g/mol. The third-order valence-corrected chi connectivity index (χ3v) is 4.52. The van der Waals surface area contributed by atoms with E-state index in [0.717, 1.165) is 26.4 Å². The standard InChI is InChI=1S/C17H12BrClFN/c18-14-7-6-13(11-3-1-2-4-12(11)14)17(21)10-5-8-16(20)15(19)9-10/h1-9,17H,21H2. The Bertz CT molecular complexity index is 819. The van der Waals surface area contributed by atoms with Crippen molar-refractivity contribution in [1.82, 2.24) is 0 Å². The highest BCUT2D eigenvalue weighted by Crippen LogP contribution is 2.32. The van der Waals surface area contributed by atoms with Gasteiger partial charge in [0.05, 0.1) is 11.1 Å². The van der Waals surface area contributed by atoms with Crippen LogP contribution in [0.25, 0.3) is 10.8 Å². The lowest BCUT2D eigenvalue weighted by atomic mass is 9.94. The summed E-state index contributed by atoms with van der Waals surface area (Å²) in [6.45, 7) is 0. The van der Waals surface area contributed by atoms with Crippen LogP contribution in [0, 0.1) is 5.82 Å². The van der Waals surface area contributed by atoms with Crippen molar-refractivity contribution in [3.8, 4) is 0 Å². The molecule has 1 unspecified atom stereocenters. The average molecular weight is 365 g/mol. The van der Waals surface area contributed by atoms with E-state index in [0.29, 0.717) is 0 Å². The van der Waals surface area contributed by atoms with Gasteiger partial charge in [0, 0.05) is 4.47 Å². The van der Waals surface area contributed by atoms with E-state index in [-0.39, 0.29) is 11.1 Å². The van der Waals surface area contributed by atoms with Crippen LogP contribution in [0.5, 0.6) is 0 Å². The zero-order chi connectivity index (χ0) is 15.0. The van der Waals surface area contributed by atoms with E-state index in [1.165, 1.54) is 6.07 Å². The van der Waals surface area contributed by atoms with Crippen LogP contribution in [0.1, 0.15) is 17.2 Å². The molecule has 0 saturated carbocycles. The number of hydrogen-bond acceptors (Lipinski definition) is 1. The number of rotatable bonds is 2. The SMILES string of the molecule is NC(c1ccc(F)c(Cl)c1)c1ccc(Br)c2ccccc12. The Hall–Kier alpha value is -1.42. The molecule has 1 nitrogen and oxygen atoms in total. The number of benzene rings is 3. The zero-order valence-electron chi connectivity index (χ0n) is 11.0. The summed E-state index contributed by atoms with van der Waals surface area (Å²) in [5, 5.41) is 2.25. The van der Waals surface area contributed by atoms with Gasteiger partial charge in [0.15, 0.2) is 0 Å². The Balaban J connectivity index is 2.15. The molecule has 0 aromatic heterocycles. The molecule has 0 aliphatic carbocycles. The summed E-state index contributed by atoms with van der Waals surface area (Å²) in [4.78, 5) is 0.